The van der Waals surface area contributed by atoms with Crippen molar-refractivity contribution in [1.29, 1.82) is 0 Å². The van der Waals surface area contributed by atoms with Gasteiger partial charge in [0.25, 0.3) is 11.6 Å². The number of non-ortho nitro benzene ring substituents is 1. The highest BCUT2D eigenvalue weighted by molar-refractivity contribution is 7.09. The first-order valence-corrected chi connectivity index (χ1v) is 8.09. The van der Waals surface area contributed by atoms with Crippen molar-refractivity contribution in [3.8, 4) is 0 Å². The average Bonchev–Trinajstić information content (AvgIpc) is 3.20. The van der Waals surface area contributed by atoms with Gasteiger partial charge in [-0.05, 0) is 30.4 Å². The van der Waals surface area contributed by atoms with Crippen molar-refractivity contribution in [2.45, 2.75) is 25.4 Å². The zero-order chi connectivity index (χ0) is 15.7. The average molecular weight is 337 g/mol. The van der Waals surface area contributed by atoms with Crippen molar-refractivity contribution in [3.63, 3.8) is 0 Å². The number of benzene rings is 1. The molecule has 0 N–H and O–H groups in total. The molecule has 1 heterocycles. The molecule has 0 atom stereocenters. The number of hydrogen-bond acceptors (Lipinski definition) is 4. The molecule has 0 spiro atoms. The van der Waals surface area contributed by atoms with E-state index in [1.54, 1.807) is 16.2 Å². The summed E-state index contributed by atoms with van der Waals surface area (Å²) in [6.07, 6.45) is 1.98. The van der Waals surface area contributed by atoms with Crippen LogP contribution >= 0.6 is 22.9 Å². The highest BCUT2D eigenvalue weighted by atomic mass is 35.5. The molecule has 5 nitrogen and oxygen atoms in total. The number of carbonyl (C=O) groups is 1. The van der Waals surface area contributed by atoms with Crippen molar-refractivity contribution in [2.75, 3.05) is 0 Å². The molecule has 3 rings (SSSR count). The lowest BCUT2D eigenvalue weighted by Gasteiger charge is -2.22. The summed E-state index contributed by atoms with van der Waals surface area (Å²) in [5, 5.41) is 12.8. The highest BCUT2D eigenvalue weighted by Crippen LogP contribution is 2.32. The quantitative estimate of drug-likeness (QED) is 0.609. The number of nitro benzene ring substituents is 1. The molecule has 0 radical (unpaired) electrons. The van der Waals surface area contributed by atoms with Crippen molar-refractivity contribution in [2.24, 2.45) is 0 Å². The van der Waals surface area contributed by atoms with Crippen molar-refractivity contribution >= 4 is 34.5 Å². The van der Waals surface area contributed by atoms with E-state index in [9.17, 15) is 14.9 Å². The van der Waals surface area contributed by atoms with E-state index in [1.807, 2.05) is 17.5 Å². The van der Waals surface area contributed by atoms with Gasteiger partial charge in [0.15, 0.2) is 0 Å². The van der Waals surface area contributed by atoms with Gasteiger partial charge in [-0.25, -0.2) is 0 Å². The molecule has 1 aliphatic carbocycles. The molecule has 2 aromatic rings. The van der Waals surface area contributed by atoms with Gasteiger partial charge in [0.05, 0.1) is 22.1 Å². The number of hydrogen-bond donors (Lipinski definition) is 0. The van der Waals surface area contributed by atoms with Crippen LogP contribution in [0.25, 0.3) is 0 Å². The van der Waals surface area contributed by atoms with Gasteiger partial charge in [-0.15, -0.1) is 11.3 Å². The van der Waals surface area contributed by atoms with Crippen molar-refractivity contribution in [1.82, 2.24) is 4.90 Å². The number of nitro groups is 1. The Balaban J connectivity index is 1.85. The molecule has 0 unspecified atom stereocenters. The summed E-state index contributed by atoms with van der Waals surface area (Å²) in [4.78, 5) is 25.9. The zero-order valence-corrected chi connectivity index (χ0v) is 13.1. The summed E-state index contributed by atoms with van der Waals surface area (Å²) < 4.78 is 0. The molecule has 0 saturated heterocycles. The number of amides is 1. The highest BCUT2D eigenvalue weighted by Gasteiger charge is 2.34. The van der Waals surface area contributed by atoms with Crippen LogP contribution in [0.5, 0.6) is 0 Å². The van der Waals surface area contributed by atoms with E-state index in [0.29, 0.717) is 12.1 Å². The molecule has 22 heavy (non-hydrogen) atoms. The van der Waals surface area contributed by atoms with Gasteiger partial charge in [-0.1, -0.05) is 17.7 Å². The van der Waals surface area contributed by atoms with Gasteiger partial charge in [0.1, 0.15) is 0 Å². The van der Waals surface area contributed by atoms with Gasteiger partial charge >= 0.3 is 0 Å². The number of thiophene rings is 1. The van der Waals surface area contributed by atoms with Crippen LogP contribution in [0.2, 0.25) is 5.02 Å². The number of rotatable bonds is 5. The molecule has 0 bridgehead atoms. The minimum Gasteiger partial charge on any atom is -0.330 e. The fourth-order valence-corrected chi connectivity index (χ4v) is 3.23. The number of carbonyl (C=O) groups excluding carboxylic acids is 1. The monoisotopic (exact) mass is 336 g/mol. The van der Waals surface area contributed by atoms with Crippen LogP contribution in [0, 0.1) is 10.1 Å². The molecule has 1 aromatic heterocycles. The lowest BCUT2D eigenvalue weighted by atomic mass is 10.1. The minimum absolute atomic E-state index is 0.113. The van der Waals surface area contributed by atoms with Crippen LogP contribution < -0.4 is 0 Å². The van der Waals surface area contributed by atoms with Crippen LogP contribution in [-0.2, 0) is 6.54 Å². The Kier molecular flexibility index (Phi) is 4.13. The lowest BCUT2D eigenvalue weighted by molar-refractivity contribution is -0.384. The Morgan fingerprint density at radius 1 is 1.41 bits per heavy atom. The van der Waals surface area contributed by atoms with Gasteiger partial charge in [0, 0.05) is 23.1 Å². The van der Waals surface area contributed by atoms with E-state index in [-0.39, 0.29) is 22.7 Å². The maximum Gasteiger partial charge on any atom is 0.270 e. The summed E-state index contributed by atoms with van der Waals surface area (Å²) >= 11 is 7.67. The van der Waals surface area contributed by atoms with E-state index < -0.39 is 4.92 Å². The van der Waals surface area contributed by atoms with Crippen LogP contribution in [0.3, 0.4) is 0 Å². The largest absolute Gasteiger partial charge is 0.330 e. The molecule has 114 valence electrons. The summed E-state index contributed by atoms with van der Waals surface area (Å²) in [7, 11) is 0. The summed E-state index contributed by atoms with van der Waals surface area (Å²) in [5.74, 6) is -0.171. The summed E-state index contributed by atoms with van der Waals surface area (Å²) in [6.45, 7) is 0.550. The first kappa shape index (κ1) is 15.0. The summed E-state index contributed by atoms with van der Waals surface area (Å²) in [5.41, 5.74) is 0.202. The molecule has 1 saturated carbocycles. The second-order valence-corrected chi connectivity index (χ2v) is 6.60. The molecule has 1 amide bonds. The first-order chi connectivity index (χ1) is 10.6. The van der Waals surface area contributed by atoms with E-state index in [2.05, 4.69) is 0 Å². The maximum absolute atomic E-state index is 12.7. The minimum atomic E-state index is -0.523. The first-order valence-electron chi connectivity index (χ1n) is 6.83. The number of nitrogens with zero attached hydrogens (tertiary/aromatic N) is 2. The van der Waals surface area contributed by atoms with Crippen molar-refractivity contribution in [3.05, 3.63) is 61.3 Å². The standard InChI is InChI=1S/C15H13ClN2O3S/c16-14-8-11(18(20)21)5-6-13(14)15(19)17(10-3-4-10)9-12-2-1-7-22-12/h1-2,5-8,10H,3-4,9H2. The van der Waals surface area contributed by atoms with Gasteiger partial charge in [-0.2, -0.15) is 0 Å². The molecule has 7 heteroatoms. The SMILES string of the molecule is O=C(c1ccc([N+](=O)[O-])cc1Cl)N(Cc1cccs1)C1CC1. The fourth-order valence-electron chi connectivity index (χ4n) is 2.27. The second kappa shape index (κ2) is 6.06. The van der Waals surface area contributed by atoms with Crippen LogP contribution in [-0.4, -0.2) is 21.8 Å². The van der Waals surface area contributed by atoms with Crippen LogP contribution in [0.1, 0.15) is 28.1 Å². The summed E-state index contributed by atoms with van der Waals surface area (Å²) in [6, 6.07) is 8.16. The lowest BCUT2D eigenvalue weighted by Crippen LogP contribution is -2.32. The number of halogens is 1. The smallest absolute Gasteiger partial charge is 0.270 e. The Bertz CT molecular complexity index is 714. The molecule has 1 aromatic carbocycles. The second-order valence-electron chi connectivity index (χ2n) is 5.16. The Labute approximate surface area is 136 Å². The maximum atomic E-state index is 12.7. The van der Waals surface area contributed by atoms with Crippen LogP contribution in [0.4, 0.5) is 5.69 Å². The predicted octanol–water partition coefficient (Wildman–Crippen LogP) is 4.11. The van der Waals surface area contributed by atoms with Gasteiger partial charge in [0.2, 0.25) is 0 Å². The van der Waals surface area contributed by atoms with E-state index in [1.165, 1.54) is 18.2 Å². The Hall–Kier alpha value is -1.92. The normalized spacial score (nSPS) is 13.9. The van der Waals surface area contributed by atoms with Crippen LogP contribution in [0.15, 0.2) is 35.7 Å². The Morgan fingerprint density at radius 2 is 2.18 bits per heavy atom. The molecule has 1 aliphatic rings. The van der Waals surface area contributed by atoms with E-state index >= 15 is 0 Å². The topological polar surface area (TPSA) is 63.4 Å². The third-order valence-corrected chi connectivity index (χ3v) is 4.72. The molecule has 1 fully saturated rings. The van der Waals surface area contributed by atoms with E-state index in [4.69, 9.17) is 11.6 Å². The predicted molar refractivity (Wildman–Crippen MR) is 85.3 cm³/mol. The molecule has 0 aliphatic heterocycles. The van der Waals surface area contributed by atoms with E-state index in [0.717, 1.165) is 17.7 Å². The zero-order valence-electron chi connectivity index (χ0n) is 11.6. The van der Waals surface area contributed by atoms with Gasteiger partial charge < -0.3 is 4.90 Å². The van der Waals surface area contributed by atoms with Gasteiger partial charge in [-0.3, -0.25) is 14.9 Å². The van der Waals surface area contributed by atoms with Crippen molar-refractivity contribution < 1.29 is 9.72 Å². The third-order valence-electron chi connectivity index (χ3n) is 3.55. The third kappa shape index (κ3) is 3.13. The molecular weight excluding hydrogens is 324 g/mol. The molecular formula is C15H13ClN2O3S. The Morgan fingerprint density at radius 3 is 2.73 bits per heavy atom. The fraction of sp³-hybridized carbons (Fsp3) is 0.267.